The number of nitrogens with one attached hydrogen (secondary N) is 2. The first-order valence-corrected chi connectivity index (χ1v) is 9.03. The van der Waals surface area contributed by atoms with E-state index in [1.165, 1.54) is 23.0 Å². The molecule has 0 aliphatic heterocycles. The molecule has 156 valence electrons. The summed E-state index contributed by atoms with van der Waals surface area (Å²) in [6, 6.07) is 15.4. The van der Waals surface area contributed by atoms with Gasteiger partial charge >= 0.3 is 0 Å². The summed E-state index contributed by atoms with van der Waals surface area (Å²) in [7, 11) is 0. The molecule has 4 rings (SSSR count). The van der Waals surface area contributed by atoms with Crippen LogP contribution < -0.4 is 16.5 Å². The molecule has 4 N–H and O–H groups in total. The van der Waals surface area contributed by atoms with Crippen LogP contribution in [0.15, 0.2) is 64.3 Å². The Balaban J connectivity index is 1.58. The fourth-order valence-corrected chi connectivity index (χ4v) is 2.68. The van der Waals surface area contributed by atoms with Crippen molar-refractivity contribution in [2.45, 2.75) is 6.54 Å². The van der Waals surface area contributed by atoms with Crippen molar-refractivity contribution in [2.75, 3.05) is 11.1 Å². The van der Waals surface area contributed by atoms with E-state index in [0.29, 0.717) is 5.69 Å². The predicted octanol–water partition coefficient (Wildman–Crippen LogP) is 1.75. The first-order chi connectivity index (χ1) is 15.1. The van der Waals surface area contributed by atoms with Crippen LogP contribution in [0.5, 0.6) is 0 Å². The number of para-hydroxylation sites is 1. The molecule has 1 amide bonds. The van der Waals surface area contributed by atoms with E-state index in [9.17, 15) is 9.18 Å². The highest BCUT2D eigenvalue weighted by atomic mass is 19.1. The van der Waals surface area contributed by atoms with Gasteiger partial charge in [0.25, 0.3) is 5.91 Å². The van der Waals surface area contributed by atoms with Crippen molar-refractivity contribution in [3.63, 3.8) is 0 Å². The molecule has 2 aromatic carbocycles. The Hall–Kier alpha value is -4.61. The number of nitrogens with zero attached hydrogens (tertiary/aromatic N) is 6. The molecule has 0 radical (unpaired) electrons. The van der Waals surface area contributed by atoms with Gasteiger partial charge in [0.15, 0.2) is 5.69 Å². The predicted molar refractivity (Wildman–Crippen MR) is 109 cm³/mol. The van der Waals surface area contributed by atoms with Crippen molar-refractivity contribution >= 4 is 23.6 Å². The number of halogens is 1. The minimum absolute atomic E-state index is 0.0182. The number of carbonyl (C=O) groups is 1. The first-order valence-electron chi connectivity index (χ1n) is 9.03. The summed E-state index contributed by atoms with van der Waals surface area (Å²) in [6.07, 6.45) is 1.19. The highest BCUT2D eigenvalue weighted by Gasteiger charge is 2.23. The van der Waals surface area contributed by atoms with E-state index >= 15 is 0 Å². The van der Waals surface area contributed by atoms with Crippen LogP contribution in [0.3, 0.4) is 0 Å². The summed E-state index contributed by atoms with van der Waals surface area (Å²) >= 11 is 0. The maximum absolute atomic E-state index is 13.7. The molecule has 0 atom stereocenters. The van der Waals surface area contributed by atoms with E-state index in [2.05, 4.69) is 41.1 Å². The molecule has 0 fully saturated rings. The molecule has 0 spiro atoms. The number of nitrogens with two attached hydrogens (primary N) is 1. The highest BCUT2D eigenvalue weighted by molar-refractivity contribution is 5.94. The topological polar surface area (TPSA) is 149 Å². The normalized spacial score (nSPS) is 11.0. The molecule has 12 heteroatoms. The summed E-state index contributed by atoms with van der Waals surface area (Å²) < 4.78 is 19.6. The molecule has 0 saturated heterocycles. The molecule has 11 nitrogen and oxygen atoms in total. The van der Waals surface area contributed by atoms with Crippen LogP contribution in [0, 0.1) is 5.82 Å². The third kappa shape index (κ3) is 4.37. The Morgan fingerprint density at radius 1 is 1.16 bits per heavy atom. The number of hydrazone groups is 1. The summed E-state index contributed by atoms with van der Waals surface area (Å²) in [5.41, 5.74) is 9.41. The number of carbonyl (C=O) groups excluding carboxylic acids is 1. The fraction of sp³-hybridized carbons (Fsp3) is 0.0526. The third-order valence-electron chi connectivity index (χ3n) is 4.18. The summed E-state index contributed by atoms with van der Waals surface area (Å²) in [5, 5.41) is 22.0. The monoisotopic (exact) mass is 421 g/mol. The van der Waals surface area contributed by atoms with Crippen molar-refractivity contribution in [2.24, 2.45) is 5.10 Å². The van der Waals surface area contributed by atoms with Crippen molar-refractivity contribution in [3.8, 4) is 5.82 Å². The molecule has 0 saturated carbocycles. The largest absolute Gasteiger partial charge is 0.379 e. The van der Waals surface area contributed by atoms with Gasteiger partial charge in [-0.2, -0.15) is 9.78 Å². The lowest BCUT2D eigenvalue weighted by molar-refractivity contribution is 0.0949. The molecular formula is C19H16FN9O2. The zero-order chi connectivity index (χ0) is 21.6. The van der Waals surface area contributed by atoms with Gasteiger partial charge in [0.1, 0.15) is 5.82 Å². The average Bonchev–Trinajstić information content (AvgIpc) is 3.40. The zero-order valence-electron chi connectivity index (χ0n) is 15.9. The quantitative estimate of drug-likeness (QED) is 0.302. The number of hydrogen-bond acceptors (Lipinski definition) is 9. The van der Waals surface area contributed by atoms with Crippen LogP contribution in [0.1, 0.15) is 21.7 Å². The van der Waals surface area contributed by atoms with Crippen LogP contribution in [0.4, 0.5) is 15.9 Å². The van der Waals surface area contributed by atoms with Crippen molar-refractivity contribution in [1.29, 1.82) is 0 Å². The van der Waals surface area contributed by atoms with Crippen LogP contribution in [0.25, 0.3) is 5.82 Å². The van der Waals surface area contributed by atoms with Gasteiger partial charge in [-0.1, -0.05) is 41.6 Å². The van der Waals surface area contributed by atoms with E-state index in [0.717, 1.165) is 5.69 Å². The van der Waals surface area contributed by atoms with Gasteiger partial charge in [0, 0.05) is 11.3 Å². The molecule has 0 aliphatic rings. The summed E-state index contributed by atoms with van der Waals surface area (Å²) in [5.74, 6) is -1.05. The lowest BCUT2D eigenvalue weighted by atomic mass is 10.2. The minimum Gasteiger partial charge on any atom is -0.379 e. The summed E-state index contributed by atoms with van der Waals surface area (Å²) in [4.78, 5) is 12.7. The molecule has 0 aliphatic carbocycles. The van der Waals surface area contributed by atoms with Crippen LogP contribution in [0.2, 0.25) is 0 Å². The lowest BCUT2D eigenvalue weighted by Gasteiger charge is -2.08. The van der Waals surface area contributed by atoms with Gasteiger partial charge in [0.05, 0.1) is 18.5 Å². The fourth-order valence-electron chi connectivity index (χ4n) is 2.68. The SMILES string of the molecule is Nc1nonc1-n1nnc(C(=O)N/N=C/c2ccccc2F)c1CNc1ccccc1. The maximum atomic E-state index is 13.7. The van der Waals surface area contributed by atoms with Gasteiger partial charge in [-0.3, -0.25) is 4.79 Å². The maximum Gasteiger partial charge on any atom is 0.293 e. The molecule has 0 unspecified atom stereocenters. The average molecular weight is 421 g/mol. The smallest absolute Gasteiger partial charge is 0.293 e. The van der Waals surface area contributed by atoms with Crippen molar-refractivity contribution < 1.29 is 13.8 Å². The lowest BCUT2D eigenvalue weighted by Crippen LogP contribution is -2.21. The molecule has 2 heterocycles. The van der Waals surface area contributed by atoms with E-state index in [1.807, 2.05) is 30.3 Å². The second kappa shape index (κ2) is 8.82. The molecule has 31 heavy (non-hydrogen) atoms. The second-order valence-corrected chi connectivity index (χ2v) is 6.21. The van der Waals surface area contributed by atoms with Gasteiger partial charge in [-0.05, 0) is 28.5 Å². The van der Waals surface area contributed by atoms with Crippen LogP contribution in [-0.2, 0) is 6.54 Å². The number of anilines is 2. The first kappa shape index (κ1) is 19.7. The molecular weight excluding hydrogens is 405 g/mol. The summed E-state index contributed by atoms with van der Waals surface area (Å²) in [6.45, 7) is 0.156. The van der Waals surface area contributed by atoms with Crippen LogP contribution in [-0.4, -0.2) is 37.4 Å². The van der Waals surface area contributed by atoms with E-state index in [4.69, 9.17) is 5.73 Å². The Morgan fingerprint density at radius 2 is 1.94 bits per heavy atom. The molecule has 2 aromatic heterocycles. The Labute approximate surface area is 174 Å². The van der Waals surface area contributed by atoms with Gasteiger partial charge in [-0.25, -0.2) is 14.4 Å². The highest BCUT2D eigenvalue weighted by Crippen LogP contribution is 2.17. The Bertz CT molecular complexity index is 1220. The number of rotatable bonds is 7. The van der Waals surface area contributed by atoms with Gasteiger partial charge in [-0.15, -0.1) is 5.10 Å². The Kier molecular flexibility index (Phi) is 5.60. The van der Waals surface area contributed by atoms with Gasteiger partial charge in [0.2, 0.25) is 11.6 Å². The number of hydrogen-bond donors (Lipinski definition) is 3. The van der Waals surface area contributed by atoms with Crippen LogP contribution >= 0.6 is 0 Å². The van der Waals surface area contributed by atoms with Crippen molar-refractivity contribution in [3.05, 3.63) is 77.4 Å². The van der Waals surface area contributed by atoms with E-state index in [1.54, 1.807) is 12.1 Å². The Morgan fingerprint density at radius 3 is 2.68 bits per heavy atom. The van der Waals surface area contributed by atoms with E-state index in [-0.39, 0.29) is 29.4 Å². The molecule has 0 bridgehead atoms. The minimum atomic E-state index is -0.654. The standard InChI is InChI=1S/C19H16FN9O2/c20-14-9-5-4-6-12(14)10-23-25-19(30)16-15(11-22-13-7-2-1-3-8-13)29(28-24-16)18-17(21)26-31-27-18/h1-10,22H,11H2,(H2,21,26)(H,25,30)/b23-10+. The molecule has 4 aromatic rings. The number of amides is 1. The van der Waals surface area contributed by atoms with Crippen molar-refractivity contribution in [1.82, 2.24) is 30.7 Å². The third-order valence-corrected chi connectivity index (χ3v) is 4.18. The number of benzene rings is 2. The zero-order valence-corrected chi connectivity index (χ0v) is 15.9. The van der Waals surface area contributed by atoms with E-state index < -0.39 is 11.7 Å². The number of nitrogen functional groups attached to an aromatic ring is 1. The van der Waals surface area contributed by atoms with Gasteiger partial charge < -0.3 is 11.1 Å². The second-order valence-electron chi connectivity index (χ2n) is 6.21. The number of aromatic nitrogens is 5.